The van der Waals surface area contributed by atoms with Gasteiger partial charge in [0.25, 0.3) is 0 Å². The maximum atomic E-state index is 10.1. The van der Waals surface area contributed by atoms with E-state index in [2.05, 4.69) is 25.7 Å². The molecule has 0 aliphatic carbocycles. The van der Waals surface area contributed by atoms with Crippen LogP contribution in [0.2, 0.25) is 10.0 Å². The lowest BCUT2D eigenvalue weighted by molar-refractivity contribution is 0.174. The van der Waals surface area contributed by atoms with Gasteiger partial charge in [-0.05, 0) is 37.1 Å². The highest BCUT2D eigenvalue weighted by molar-refractivity contribution is 6.35. The Hall–Kier alpha value is -0.480. The van der Waals surface area contributed by atoms with Crippen molar-refractivity contribution in [3.05, 3.63) is 27.7 Å². The molecule has 0 aliphatic heterocycles. The molecule has 5 heteroatoms. The minimum absolute atomic E-state index is 0.0349. The van der Waals surface area contributed by atoms with E-state index < -0.39 is 0 Å². The normalized spacial score (nSPS) is 12.2. The van der Waals surface area contributed by atoms with Crippen molar-refractivity contribution in [2.24, 2.45) is 11.1 Å². The van der Waals surface area contributed by atoms with E-state index in [-0.39, 0.29) is 11.2 Å². The quantitative estimate of drug-likeness (QED) is 0.801. The van der Waals surface area contributed by atoms with Crippen LogP contribution in [0, 0.1) is 5.41 Å². The fraction of sp³-hybridized carbons (Fsp3) is 0.600. The predicted molar refractivity (Wildman–Crippen MR) is 86.5 cm³/mol. The average Bonchev–Trinajstić information content (AvgIpc) is 2.35. The number of nitrogens with zero attached hydrogens (tertiary/aromatic N) is 1. The van der Waals surface area contributed by atoms with Gasteiger partial charge < -0.3 is 10.8 Å². The molecule has 0 amide bonds. The second-order valence-electron chi connectivity index (χ2n) is 5.97. The van der Waals surface area contributed by atoms with E-state index in [9.17, 15) is 5.11 Å². The zero-order valence-corrected chi connectivity index (χ0v) is 13.9. The Morgan fingerprint density at radius 2 is 1.95 bits per heavy atom. The van der Waals surface area contributed by atoms with Crippen LogP contribution in [0.1, 0.15) is 32.8 Å². The van der Waals surface area contributed by atoms with Gasteiger partial charge in [-0.1, -0.05) is 44.0 Å². The molecule has 0 fully saturated rings. The van der Waals surface area contributed by atoms with Crippen LogP contribution in [-0.2, 0) is 6.54 Å². The fourth-order valence-electron chi connectivity index (χ4n) is 2.18. The van der Waals surface area contributed by atoms with E-state index in [4.69, 9.17) is 28.9 Å². The van der Waals surface area contributed by atoms with Crippen molar-refractivity contribution in [3.63, 3.8) is 0 Å². The number of benzene rings is 1. The van der Waals surface area contributed by atoms with Crippen LogP contribution in [0.4, 0.5) is 0 Å². The molecule has 0 unspecified atom stereocenters. The first-order chi connectivity index (χ1) is 9.29. The molecule has 0 radical (unpaired) electrons. The third-order valence-corrected chi connectivity index (χ3v) is 3.75. The highest BCUT2D eigenvalue weighted by atomic mass is 35.5. The molecule has 0 aliphatic rings. The van der Waals surface area contributed by atoms with E-state index in [0.717, 1.165) is 25.1 Å². The Morgan fingerprint density at radius 1 is 1.30 bits per heavy atom. The lowest BCUT2D eigenvalue weighted by atomic mass is 9.93. The highest BCUT2D eigenvalue weighted by Crippen LogP contribution is 2.32. The Morgan fingerprint density at radius 3 is 2.50 bits per heavy atom. The van der Waals surface area contributed by atoms with Gasteiger partial charge >= 0.3 is 0 Å². The molecule has 1 aromatic rings. The van der Waals surface area contributed by atoms with Crippen molar-refractivity contribution in [3.8, 4) is 5.75 Å². The minimum atomic E-state index is 0.0349. The molecule has 0 bridgehead atoms. The van der Waals surface area contributed by atoms with Crippen molar-refractivity contribution in [2.45, 2.75) is 33.7 Å². The summed E-state index contributed by atoms with van der Waals surface area (Å²) in [7, 11) is 0. The summed E-state index contributed by atoms with van der Waals surface area (Å²) in [5.41, 5.74) is 6.59. The van der Waals surface area contributed by atoms with E-state index in [1.165, 1.54) is 0 Å². The number of phenols is 1. The molecule has 0 saturated carbocycles. The van der Waals surface area contributed by atoms with E-state index >= 15 is 0 Å². The Bertz CT molecular complexity index is 450. The summed E-state index contributed by atoms with van der Waals surface area (Å²) in [6.07, 6.45) is 1.04. The van der Waals surface area contributed by atoms with Crippen LogP contribution >= 0.6 is 23.2 Å². The predicted octanol–water partition coefficient (Wildman–Crippen LogP) is 3.90. The molecule has 0 heterocycles. The third kappa shape index (κ3) is 5.13. The summed E-state index contributed by atoms with van der Waals surface area (Å²) < 4.78 is 0. The lowest BCUT2D eigenvalue weighted by Gasteiger charge is -2.32. The lowest BCUT2D eigenvalue weighted by Crippen LogP contribution is -2.38. The molecule has 114 valence electrons. The summed E-state index contributed by atoms with van der Waals surface area (Å²) in [5, 5.41) is 10.9. The van der Waals surface area contributed by atoms with Gasteiger partial charge in [0.2, 0.25) is 0 Å². The highest BCUT2D eigenvalue weighted by Gasteiger charge is 2.21. The average molecular weight is 319 g/mol. The van der Waals surface area contributed by atoms with Crippen LogP contribution in [0.3, 0.4) is 0 Å². The maximum absolute atomic E-state index is 10.1. The monoisotopic (exact) mass is 318 g/mol. The fourth-order valence-corrected chi connectivity index (χ4v) is 2.72. The Kier molecular flexibility index (Phi) is 6.59. The van der Waals surface area contributed by atoms with Crippen molar-refractivity contribution >= 4 is 23.2 Å². The third-order valence-electron chi connectivity index (χ3n) is 3.25. The van der Waals surface area contributed by atoms with Gasteiger partial charge in [0.1, 0.15) is 5.75 Å². The molecule has 3 nitrogen and oxygen atoms in total. The molecule has 0 aromatic heterocycles. The molecule has 0 atom stereocenters. The number of aromatic hydroxyl groups is 1. The number of rotatable bonds is 7. The van der Waals surface area contributed by atoms with Crippen molar-refractivity contribution < 1.29 is 5.11 Å². The largest absolute Gasteiger partial charge is 0.506 e. The summed E-state index contributed by atoms with van der Waals surface area (Å²) in [6, 6.07) is 3.32. The van der Waals surface area contributed by atoms with Crippen LogP contribution < -0.4 is 5.73 Å². The molecule has 3 N–H and O–H groups in total. The number of phenolic OH excluding ortho intramolecular Hbond substituents is 1. The first kappa shape index (κ1) is 17.6. The van der Waals surface area contributed by atoms with Crippen LogP contribution in [0.15, 0.2) is 12.1 Å². The molecule has 1 rings (SSSR count). The summed E-state index contributed by atoms with van der Waals surface area (Å²) in [4.78, 5) is 2.27. The van der Waals surface area contributed by atoms with Crippen molar-refractivity contribution in [1.82, 2.24) is 4.90 Å². The molecular formula is C15H24Cl2N2O. The molecular weight excluding hydrogens is 295 g/mol. The van der Waals surface area contributed by atoms with Gasteiger partial charge in [-0.2, -0.15) is 0 Å². The summed E-state index contributed by atoms with van der Waals surface area (Å²) >= 11 is 12.0. The van der Waals surface area contributed by atoms with Crippen molar-refractivity contribution in [1.29, 1.82) is 0 Å². The zero-order chi connectivity index (χ0) is 15.3. The molecule has 1 aromatic carbocycles. The van der Waals surface area contributed by atoms with Crippen LogP contribution in [0.25, 0.3) is 0 Å². The first-order valence-electron chi connectivity index (χ1n) is 6.88. The van der Waals surface area contributed by atoms with Gasteiger partial charge in [0.15, 0.2) is 0 Å². The summed E-state index contributed by atoms with van der Waals surface area (Å²) in [6.45, 7) is 9.45. The van der Waals surface area contributed by atoms with Gasteiger partial charge in [-0.15, -0.1) is 0 Å². The Balaban J connectivity index is 2.90. The van der Waals surface area contributed by atoms with Gasteiger partial charge in [-0.3, -0.25) is 4.90 Å². The maximum Gasteiger partial charge on any atom is 0.138 e. The van der Waals surface area contributed by atoms with E-state index in [0.29, 0.717) is 23.1 Å². The second-order valence-corrected chi connectivity index (χ2v) is 6.82. The van der Waals surface area contributed by atoms with E-state index in [1.807, 2.05) is 0 Å². The number of hydrogen-bond acceptors (Lipinski definition) is 3. The first-order valence-corrected chi connectivity index (χ1v) is 7.64. The minimum Gasteiger partial charge on any atom is -0.506 e. The molecule has 20 heavy (non-hydrogen) atoms. The topological polar surface area (TPSA) is 49.5 Å². The smallest absolute Gasteiger partial charge is 0.138 e. The Labute approximate surface area is 131 Å². The second kappa shape index (κ2) is 7.51. The number of halogens is 2. The van der Waals surface area contributed by atoms with Crippen molar-refractivity contribution in [2.75, 3.05) is 19.6 Å². The standard InChI is InChI=1S/C15H24Cl2N2O/c1-4-5-19(10-15(2,3)9-18)8-11-6-12(16)7-13(17)14(11)20/h6-7,20H,4-5,8-10,18H2,1-3H3. The molecule has 0 saturated heterocycles. The van der Waals surface area contributed by atoms with Crippen LogP contribution in [-0.4, -0.2) is 29.6 Å². The number of nitrogens with two attached hydrogens (primary N) is 1. The van der Waals surface area contributed by atoms with Crippen LogP contribution in [0.5, 0.6) is 5.75 Å². The zero-order valence-electron chi connectivity index (χ0n) is 12.4. The van der Waals surface area contributed by atoms with E-state index in [1.54, 1.807) is 12.1 Å². The number of hydrogen-bond donors (Lipinski definition) is 2. The van der Waals surface area contributed by atoms with Gasteiger partial charge in [-0.25, -0.2) is 0 Å². The summed E-state index contributed by atoms with van der Waals surface area (Å²) in [5.74, 6) is 0.114. The van der Waals surface area contributed by atoms with Gasteiger partial charge in [0, 0.05) is 23.7 Å². The molecule has 0 spiro atoms. The SMILES string of the molecule is CCCN(Cc1cc(Cl)cc(Cl)c1O)CC(C)(C)CN. The van der Waals surface area contributed by atoms with Gasteiger partial charge in [0.05, 0.1) is 5.02 Å².